The number of pyridine rings is 1. The molecule has 176 valence electrons. The van der Waals surface area contributed by atoms with E-state index < -0.39 is 0 Å². The SMILES string of the molecule is CNC(=S)N1CCCC(c2c(-c3ccc(OCCCN(C)C)cc3)[nH]c3ncc(C)cc23)C1. The topological polar surface area (TPSA) is 56.4 Å². The Morgan fingerprint density at radius 3 is 2.82 bits per heavy atom. The number of rotatable bonds is 7. The number of hydrogen-bond donors (Lipinski definition) is 2. The Hall–Kier alpha value is -2.64. The van der Waals surface area contributed by atoms with Crippen molar-refractivity contribution in [1.29, 1.82) is 0 Å². The Morgan fingerprint density at radius 1 is 1.30 bits per heavy atom. The summed E-state index contributed by atoms with van der Waals surface area (Å²) in [6, 6.07) is 10.7. The van der Waals surface area contributed by atoms with Crippen LogP contribution in [0.3, 0.4) is 0 Å². The number of H-pyrrole nitrogens is 1. The molecule has 33 heavy (non-hydrogen) atoms. The fourth-order valence-electron chi connectivity index (χ4n) is 4.69. The number of hydrogen-bond acceptors (Lipinski definition) is 4. The average Bonchev–Trinajstić information content (AvgIpc) is 3.20. The minimum absolute atomic E-state index is 0.388. The molecule has 3 aromatic rings. The van der Waals surface area contributed by atoms with Crippen molar-refractivity contribution in [3.8, 4) is 17.0 Å². The van der Waals surface area contributed by atoms with Crippen LogP contribution in [0.4, 0.5) is 0 Å². The highest BCUT2D eigenvalue weighted by Gasteiger charge is 2.28. The average molecular weight is 466 g/mol. The number of ether oxygens (including phenoxy) is 1. The van der Waals surface area contributed by atoms with E-state index in [0.29, 0.717) is 5.92 Å². The van der Waals surface area contributed by atoms with Gasteiger partial charge in [0.2, 0.25) is 0 Å². The van der Waals surface area contributed by atoms with Gasteiger partial charge in [0.15, 0.2) is 5.11 Å². The molecule has 7 heteroatoms. The number of nitrogens with zero attached hydrogens (tertiary/aromatic N) is 3. The van der Waals surface area contributed by atoms with Crippen LogP contribution in [0.25, 0.3) is 22.3 Å². The normalized spacial score (nSPS) is 16.4. The lowest BCUT2D eigenvalue weighted by molar-refractivity contribution is 0.281. The van der Waals surface area contributed by atoms with Crippen molar-refractivity contribution in [3.63, 3.8) is 0 Å². The summed E-state index contributed by atoms with van der Waals surface area (Å²) in [7, 11) is 6.07. The van der Waals surface area contributed by atoms with E-state index in [1.165, 1.54) is 16.5 Å². The van der Waals surface area contributed by atoms with Crippen LogP contribution >= 0.6 is 12.2 Å². The van der Waals surface area contributed by atoms with E-state index in [1.54, 1.807) is 0 Å². The summed E-state index contributed by atoms with van der Waals surface area (Å²) in [5.41, 5.74) is 5.79. The van der Waals surface area contributed by atoms with Gasteiger partial charge in [-0.15, -0.1) is 0 Å². The number of benzene rings is 1. The monoisotopic (exact) mass is 465 g/mol. The van der Waals surface area contributed by atoms with Crippen molar-refractivity contribution < 1.29 is 4.74 Å². The first-order chi connectivity index (χ1) is 16.0. The molecule has 1 aliphatic rings. The molecule has 0 saturated carbocycles. The molecular weight excluding hydrogens is 430 g/mol. The first kappa shape index (κ1) is 23.5. The molecule has 2 N–H and O–H groups in total. The lowest BCUT2D eigenvalue weighted by Gasteiger charge is -2.34. The molecule has 0 spiro atoms. The second kappa shape index (κ2) is 10.5. The standard InChI is InChI=1S/C26H35N5OS/c1-18-15-22-23(20-7-5-13-31(17-20)26(33)27-2)24(29-25(22)28-16-18)19-8-10-21(11-9-19)32-14-6-12-30(3)4/h8-11,15-16,20H,5-7,12-14,17H2,1-4H3,(H,27,33)(H,28,29). The molecule has 1 unspecified atom stereocenters. The summed E-state index contributed by atoms with van der Waals surface area (Å²) < 4.78 is 5.94. The summed E-state index contributed by atoms with van der Waals surface area (Å²) >= 11 is 5.55. The highest BCUT2D eigenvalue weighted by molar-refractivity contribution is 7.80. The van der Waals surface area contributed by atoms with Crippen LogP contribution < -0.4 is 10.1 Å². The molecule has 3 heterocycles. The van der Waals surface area contributed by atoms with Gasteiger partial charge in [-0.3, -0.25) is 0 Å². The number of aryl methyl sites for hydroxylation is 1. The van der Waals surface area contributed by atoms with E-state index in [4.69, 9.17) is 21.9 Å². The summed E-state index contributed by atoms with van der Waals surface area (Å²) in [6.07, 6.45) is 5.21. The van der Waals surface area contributed by atoms with E-state index in [0.717, 1.165) is 73.3 Å². The van der Waals surface area contributed by atoms with Crippen LogP contribution in [0, 0.1) is 6.92 Å². The number of likely N-dealkylation sites (tertiary alicyclic amines) is 1. The van der Waals surface area contributed by atoms with E-state index in [-0.39, 0.29) is 0 Å². The third-order valence-electron chi connectivity index (χ3n) is 6.32. The summed E-state index contributed by atoms with van der Waals surface area (Å²) in [5.74, 6) is 1.30. The number of fused-ring (bicyclic) bond motifs is 1. The molecule has 1 aromatic carbocycles. The van der Waals surface area contributed by atoms with Crippen LogP contribution in [0.1, 0.15) is 36.3 Å². The van der Waals surface area contributed by atoms with Crippen molar-refractivity contribution in [3.05, 3.63) is 47.7 Å². The zero-order valence-electron chi connectivity index (χ0n) is 20.1. The lowest BCUT2D eigenvalue weighted by atomic mass is 9.87. The predicted molar refractivity (Wildman–Crippen MR) is 140 cm³/mol. The smallest absolute Gasteiger partial charge is 0.168 e. The Morgan fingerprint density at radius 2 is 2.09 bits per heavy atom. The Labute approximate surface area is 202 Å². The lowest BCUT2D eigenvalue weighted by Crippen LogP contribution is -2.43. The first-order valence-electron chi connectivity index (χ1n) is 11.8. The van der Waals surface area contributed by atoms with Gasteiger partial charge in [-0.2, -0.15) is 0 Å². The molecule has 1 aliphatic heterocycles. The maximum Gasteiger partial charge on any atom is 0.168 e. The zero-order valence-corrected chi connectivity index (χ0v) is 21.0. The van der Waals surface area contributed by atoms with E-state index >= 15 is 0 Å². The van der Waals surface area contributed by atoms with Gasteiger partial charge in [-0.1, -0.05) is 0 Å². The van der Waals surface area contributed by atoms with Gasteiger partial charge in [-0.05, 0) is 99.5 Å². The minimum Gasteiger partial charge on any atom is -0.494 e. The summed E-state index contributed by atoms with van der Waals surface area (Å²) in [4.78, 5) is 12.8. The number of aromatic amines is 1. The second-order valence-electron chi connectivity index (χ2n) is 9.19. The molecule has 1 saturated heterocycles. The van der Waals surface area contributed by atoms with Gasteiger partial charge < -0.3 is 24.8 Å². The Kier molecular flexibility index (Phi) is 7.50. The van der Waals surface area contributed by atoms with Gasteiger partial charge >= 0.3 is 0 Å². The van der Waals surface area contributed by atoms with Crippen molar-refractivity contribution in [1.82, 2.24) is 25.1 Å². The number of thiocarbonyl (C=S) groups is 1. The summed E-state index contributed by atoms with van der Waals surface area (Å²) in [6.45, 7) is 5.78. The van der Waals surface area contributed by atoms with Crippen LogP contribution in [-0.2, 0) is 0 Å². The number of piperidine rings is 1. The number of aromatic nitrogens is 2. The first-order valence-corrected chi connectivity index (χ1v) is 12.2. The zero-order chi connectivity index (χ0) is 23.4. The molecule has 2 aromatic heterocycles. The third kappa shape index (κ3) is 5.47. The highest BCUT2D eigenvalue weighted by atomic mass is 32.1. The van der Waals surface area contributed by atoms with Crippen LogP contribution in [0.2, 0.25) is 0 Å². The molecule has 6 nitrogen and oxygen atoms in total. The van der Waals surface area contributed by atoms with Gasteiger partial charge in [-0.25, -0.2) is 4.98 Å². The highest BCUT2D eigenvalue weighted by Crippen LogP contribution is 2.39. The molecule has 0 aliphatic carbocycles. The van der Waals surface area contributed by atoms with Gasteiger partial charge in [0, 0.05) is 44.2 Å². The van der Waals surface area contributed by atoms with Crippen molar-refractivity contribution >= 4 is 28.4 Å². The van der Waals surface area contributed by atoms with Crippen molar-refractivity contribution in [2.24, 2.45) is 0 Å². The van der Waals surface area contributed by atoms with Crippen LogP contribution in [0.15, 0.2) is 36.5 Å². The second-order valence-corrected chi connectivity index (χ2v) is 9.58. The summed E-state index contributed by atoms with van der Waals surface area (Å²) in [5, 5.41) is 5.19. The molecule has 4 rings (SSSR count). The predicted octanol–water partition coefficient (Wildman–Crippen LogP) is 4.55. The molecule has 0 amide bonds. The molecule has 1 fully saturated rings. The van der Waals surface area contributed by atoms with Crippen molar-refractivity contribution in [2.45, 2.75) is 32.1 Å². The van der Waals surface area contributed by atoms with Crippen LogP contribution in [-0.4, -0.2) is 72.3 Å². The van der Waals surface area contributed by atoms with E-state index in [9.17, 15) is 0 Å². The Bertz CT molecular complexity index is 1090. The third-order valence-corrected chi connectivity index (χ3v) is 6.78. The van der Waals surface area contributed by atoms with Gasteiger partial charge in [0.05, 0.1) is 12.3 Å². The maximum atomic E-state index is 5.94. The fraction of sp³-hybridized carbons (Fsp3) is 0.462. The number of nitrogens with one attached hydrogen (secondary N) is 2. The fourth-order valence-corrected chi connectivity index (χ4v) is 4.86. The molecule has 0 radical (unpaired) electrons. The van der Waals surface area contributed by atoms with E-state index in [2.05, 4.69) is 71.5 Å². The van der Waals surface area contributed by atoms with Crippen LogP contribution in [0.5, 0.6) is 5.75 Å². The minimum atomic E-state index is 0.388. The molecular formula is C26H35N5OS. The molecule has 0 bridgehead atoms. The van der Waals surface area contributed by atoms with Gasteiger partial charge in [0.1, 0.15) is 11.4 Å². The maximum absolute atomic E-state index is 5.94. The van der Waals surface area contributed by atoms with Gasteiger partial charge in [0.25, 0.3) is 0 Å². The quantitative estimate of drug-likeness (QED) is 0.394. The Balaban J connectivity index is 1.63. The van der Waals surface area contributed by atoms with Crippen molar-refractivity contribution in [2.75, 3.05) is 47.4 Å². The largest absolute Gasteiger partial charge is 0.494 e. The van der Waals surface area contributed by atoms with E-state index in [1.807, 2.05) is 13.2 Å². The molecule has 1 atom stereocenters.